The average Bonchev–Trinajstić information content (AvgIpc) is 2.83. The fourth-order valence-corrected chi connectivity index (χ4v) is 1.73. The molecule has 18 heavy (non-hydrogen) atoms. The van der Waals surface area contributed by atoms with Crippen LogP contribution < -0.4 is 0 Å². The van der Waals surface area contributed by atoms with Gasteiger partial charge in [-0.2, -0.15) is 0 Å². The van der Waals surface area contributed by atoms with E-state index in [1.807, 2.05) is 0 Å². The average molecular weight is 240 g/mol. The van der Waals surface area contributed by atoms with Gasteiger partial charge in [-0.15, -0.1) is 0 Å². The number of fused-ring (bicyclic) bond motifs is 1. The summed E-state index contributed by atoms with van der Waals surface area (Å²) in [6.45, 7) is 0. The summed E-state index contributed by atoms with van der Waals surface area (Å²) in [6.07, 6.45) is 3.26. The highest BCUT2D eigenvalue weighted by Crippen LogP contribution is 2.25. The Bertz CT molecular complexity index is 719. The minimum absolute atomic E-state index is 0.107. The van der Waals surface area contributed by atoms with Gasteiger partial charge in [0.25, 0.3) is 0 Å². The molecule has 0 aliphatic heterocycles. The Morgan fingerprint density at radius 2 is 2.11 bits per heavy atom. The summed E-state index contributed by atoms with van der Waals surface area (Å²) in [5.74, 6) is -0.665. The lowest BCUT2D eigenvalue weighted by molar-refractivity contribution is 0.0698. The number of carboxylic acids is 1. The fourth-order valence-electron chi connectivity index (χ4n) is 1.73. The Hall–Kier alpha value is -2.69. The molecule has 0 aliphatic carbocycles. The number of para-hydroxylation sites is 1. The van der Waals surface area contributed by atoms with E-state index in [4.69, 9.17) is 9.52 Å². The Labute approximate surface area is 102 Å². The lowest BCUT2D eigenvalue weighted by atomic mass is 10.2. The monoisotopic (exact) mass is 240 g/mol. The molecule has 0 saturated heterocycles. The number of hydrogen-bond acceptors (Lipinski definition) is 4. The standard InChI is InChI=1S/C13H8N2O3/c16-13(17)9-4-1-5-10-11(9)18-12(15-10)8-3-2-6-14-7-8/h1-7H,(H,16,17). The highest BCUT2D eigenvalue weighted by molar-refractivity contribution is 6.00. The number of aromatic nitrogens is 2. The molecule has 3 rings (SSSR count). The van der Waals surface area contributed by atoms with Gasteiger partial charge in [-0.3, -0.25) is 4.98 Å². The van der Waals surface area contributed by atoms with Gasteiger partial charge in [0.15, 0.2) is 5.58 Å². The van der Waals surface area contributed by atoms with Crippen LogP contribution in [0.3, 0.4) is 0 Å². The number of aromatic carboxylic acids is 1. The topological polar surface area (TPSA) is 76.2 Å². The van der Waals surface area contributed by atoms with E-state index in [0.29, 0.717) is 17.0 Å². The van der Waals surface area contributed by atoms with Crippen LogP contribution in [-0.2, 0) is 0 Å². The molecular weight excluding hydrogens is 232 g/mol. The molecule has 3 aromatic rings. The molecule has 0 bridgehead atoms. The summed E-state index contributed by atoms with van der Waals surface area (Å²) in [7, 11) is 0. The number of hydrogen-bond donors (Lipinski definition) is 1. The van der Waals surface area contributed by atoms with E-state index in [0.717, 1.165) is 0 Å². The predicted octanol–water partition coefficient (Wildman–Crippen LogP) is 2.59. The smallest absolute Gasteiger partial charge is 0.339 e. The first kappa shape index (κ1) is 10.5. The van der Waals surface area contributed by atoms with E-state index >= 15 is 0 Å². The van der Waals surface area contributed by atoms with Crippen molar-refractivity contribution in [3.8, 4) is 11.5 Å². The largest absolute Gasteiger partial charge is 0.478 e. The minimum Gasteiger partial charge on any atom is -0.478 e. The van der Waals surface area contributed by atoms with Crippen molar-refractivity contribution in [2.24, 2.45) is 0 Å². The summed E-state index contributed by atoms with van der Waals surface area (Å²) >= 11 is 0. The van der Waals surface area contributed by atoms with Crippen molar-refractivity contribution in [3.05, 3.63) is 48.3 Å². The number of nitrogens with zero attached hydrogens (tertiary/aromatic N) is 2. The summed E-state index contributed by atoms with van der Waals surface area (Å²) < 4.78 is 5.51. The van der Waals surface area contributed by atoms with Crippen molar-refractivity contribution >= 4 is 17.1 Å². The number of carboxylic acid groups (broad SMARTS) is 1. The van der Waals surface area contributed by atoms with Crippen LogP contribution in [0.4, 0.5) is 0 Å². The zero-order chi connectivity index (χ0) is 12.5. The lowest BCUT2D eigenvalue weighted by Crippen LogP contribution is -1.95. The van der Waals surface area contributed by atoms with Gasteiger partial charge in [-0.1, -0.05) is 6.07 Å². The van der Waals surface area contributed by atoms with E-state index in [-0.39, 0.29) is 11.1 Å². The van der Waals surface area contributed by atoms with Crippen molar-refractivity contribution in [1.82, 2.24) is 9.97 Å². The summed E-state index contributed by atoms with van der Waals surface area (Å²) in [6, 6.07) is 8.41. The van der Waals surface area contributed by atoms with Crippen molar-refractivity contribution < 1.29 is 14.3 Å². The maximum atomic E-state index is 11.1. The van der Waals surface area contributed by atoms with Crippen LogP contribution >= 0.6 is 0 Å². The molecule has 2 aromatic heterocycles. The lowest BCUT2D eigenvalue weighted by Gasteiger charge is -1.93. The molecule has 0 unspecified atom stereocenters. The van der Waals surface area contributed by atoms with Crippen LogP contribution in [0.1, 0.15) is 10.4 Å². The Balaban J connectivity index is 2.23. The molecule has 1 aromatic carbocycles. The van der Waals surface area contributed by atoms with Crippen LogP contribution in [-0.4, -0.2) is 21.0 Å². The maximum Gasteiger partial charge on any atom is 0.339 e. The third kappa shape index (κ3) is 1.62. The third-order valence-electron chi connectivity index (χ3n) is 2.55. The Morgan fingerprint density at radius 3 is 2.83 bits per heavy atom. The Morgan fingerprint density at radius 1 is 1.22 bits per heavy atom. The maximum absolute atomic E-state index is 11.1. The van der Waals surface area contributed by atoms with Crippen molar-refractivity contribution in [1.29, 1.82) is 0 Å². The molecule has 0 fully saturated rings. The highest BCUT2D eigenvalue weighted by atomic mass is 16.4. The first-order chi connectivity index (χ1) is 8.75. The second-order valence-electron chi connectivity index (χ2n) is 3.72. The van der Waals surface area contributed by atoms with E-state index < -0.39 is 5.97 Å². The number of carbonyl (C=O) groups is 1. The molecule has 0 radical (unpaired) electrons. The molecule has 0 spiro atoms. The zero-order valence-corrected chi connectivity index (χ0v) is 9.20. The fraction of sp³-hybridized carbons (Fsp3) is 0. The van der Waals surface area contributed by atoms with Gasteiger partial charge in [-0.05, 0) is 24.3 Å². The van der Waals surface area contributed by atoms with Gasteiger partial charge >= 0.3 is 5.97 Å². The van der Waals surface area contributed by atoms with Gasteiger partial charge in [0.05, 0.1) is 5.56 Å². The van der Waals surface area contributed by atoms with Crippen LogP contribution in [0.2, 0.25) is 0 Å². The normalized spacial score (nSPS) is 10.7. The van der Waals surface area contributed by atoms with E-state index in [9.17, 15) is 4.79 Å². The van der Waals surface area contributed by atoms with Crippen LogP contribution in [0.15, 0.2) is 47.1 Å². The molecule has 0 amide bonds. The van der Waals surface area contributed by atoms with Crippen molar-refractivity contribution in [2.75, 3.05) is 0 Å². The summed E-state index contributed by atoms with van der Waals surface area (Å²) in [5.41, 5.74) is 1.62. The number of pyridine rings is 1. The second-order valence-corrected chi connectivity index (χ2v) is 3.72. The summed E-state index contributed by atoms with van der Waals surface area (Å²) in [5, 5.41) is 9.06. The van der Waals surface area contributed by atoms with Gasteiger partial charge in [0.2, 0.25) is 5.89 Å². The van der Waals surface area contributed by atoms with Crippen molar-refractivity contribution in [3.63, 3.8) is 0 Å². The van der Waals surface area contributed by atoms with Crippen molar-refractivity contribution in [2.45, 2.75) is 0 Å². The van der Waals surface area contributed by atoms with Crippen LogP contribution in [0.25, 0.3) is 22.6 Å². The van der Waals surface area contributed by atoms with E-state index in [1.54, 1.807) is 36.7 Å². The molecule has 0 saturated carbocycles. The molecule has 5 nitrogen and oxygen atoms in total. The first-order valence-electron chi connectivity index (χ1n) is 5.29. The third-order valence-corrected chi connectivity index (χ3v) is 2.55. The van der Waals surface area contributed by atoms with E-state index in [1.165, 1.54) is 6.07 Å². The van der Waals surface area contributed by atoms with Crippen LogP contribution in [0, 0.1) is 0 Å². The number of oxazole rings is 1. The molecule has 1 N–H and O–H groups in total. The molecule has 0 aliphatic rings. The number of rotatable bonds is 2. The molecular formula is C13H8N2O3. The second kappa shape index (κ2) is 3.96. The van der Waals surface area contributed by atoms with Gasteiger partial charge < -0.3 is 9.52 Å². The van der Waals surface area contributed by atoms with Gasteiger partial charge in [0, 0.05) is 12.4 Å². The quantitative estimate of drug-likeness (QED) is 0.745. The minimum atomic E-state index is -1.03. The van der Waals surface area contributed by atoms with Gasteiger partial charge in [0.1, 0.15) is 11.1 Å². The van der Waals surface area contributed by atoms with Gasteiger partial charge in [-0.25, -0.2) is 9.78 Å². The molecule has 0 atom stereocenters. The highest BCUT2D eigenvalue weighted by Gasteiger charge is 2.15. The number of benzene rings is 1. The summed E-state index contributed by atoms with van der Waals surface area (Å²) in [4.78, 5) is 19.3. The first-order valence-corrected chi connectivity index (χ1v) is 5.29. The predicted molar refractivity (Wildman–Crippen MR) is 64.2 cm³/mol. The molecule has 2 heterocycles. The van der Waals surface area contributed by atoms with E-state index in [2.05, 4.69) is 9.97 Å². The molecule has 5 heteroatoms. The zero-order valence-electron chi connectivity index (χ0n) is 9.20. The van der Waals surface area contributed by atoms with Crippen LogP contribution in [0.5, 0.6) is 0 Å². The Kier molecular flexibility index (Phi) is 2.30. The SMILES string of the molecule is O=C(O)c1cccc2nc(-c3cccnc3)oc12. The molecule has 88 valence electrons.